The fourth-order valence-corrected chi connectivity index (χ4v) is 2.72. The SMILES string of the molecule is Cc1cc(Cl)c(C(CO)N2CCCC2)cc1F. The molecule has 0 amide bonds. The van der Waals surface area contributed by atoms with Crippen molar-refractivity contribution in [3.63, 3.8) is 0 Å². The molecule has 1 aromatic carbocycles. The molecule has 2 nitrogen and oxygen atoms in total. The molecule has 1 unspecified atom stereocenters. The van der Waals surface area contributed by atoms with E-state index in [0.717, 1.165) is 25.9 Å². The third-order valence-corrected chi connectivity index (χ3v) is 3.72. The van der Waals surface area contributed by atoms with Gasteiger partial charge in [-0.2, -0.15) is 0 Å². The molecule has 0 aliphatic carbocycles. The largest absolute Gasteiger partial charge is 0.394 e. The minimum absolute atomic E-state index is 0.0256. The molecule has 17 heavy (non-hydrogen) atoms. The van der Waals surface area contributed by atoms with Crippen LogP contribution in [0.3, 0.4) is 0 Å². The summed E-state index contributed by atoms with van der Waals surface area (Å²) in [7, 11) is 0. The fourth-order valence-electron chi connectivity index (χ4n) is 2.38. The Balaban J connectivity index is 2.32. The Kier molecular flexibility index (Phi) is 4.02. The highest BCUT2D eigenvalue weighted by Gasteiger charge is 2.25. The van der Waals surface area contributed by atoms with Gasteiger partial charge in [0.1, 0.15) is 5.82 Å². The van der Waals surface area contributed by atoms with E-state index in [2.05, 4.69) is 4.90 Å². The second-order valence-corrected chi connectivity index (χ2v) is 4.97. The first-order valence-electron chi connectivity index (χ1n) is 5.94. The zero-order valence-corrected chi connectivity index (χ0v) is 10.7. The molecule has 4 heteroatoms. The van der Waals surface area contributed by atoms with Crippen LogP contribution in [0.1, 0.15) is 30.0 Å². The van der Waals surface area contributed by atoms with E-state index >= 15 is 0 Å². The van der Waals surface area contributed by atoms with Crippen LogP contribution in [-0.2, 0) is 0 Å². The molecule has 1 atom stereocenters. The molecule has 1 aromatic rings. The summed E-state index contributed by atoms with van der Waals surface area (Å²) < 4.78 is 13.6. The molecule has 1 aliphatic heterocycles. The summed E-state index contributed by atoms with van der Waals surface area (Å²) in [6, 6.07) is 2.90. The Morgan fingerprint density at radius 1 is 1.41 bits per heavy atom. The van der Waals surface area contributed by atoms with E-state index in [-0.39, 0.29) is 18.5 Å². The standard InChI is InChI=1S/C13H17ClFNO/c1-9-6-11(14)10(7-12(9)15)13(8-17)16-4-2-3-5-16/h6-7,13,17H,2-5,8H2,1H3. The maximum Gasteiger partial charge on any atom is 0.126 e. The van der Waals surface area contributed by atoms with Gasteiger partial charge in [0.2, 0.25) is 0 Å². The number of rotatable bonds is 3. The van der Waals surface area contributed by atoms with Crippen molar-refractivity contribution in [1.82, 2.24) is 4.90 Å². The molecule has 0 radical (unpaired) electrons. The number of aliphatic hydroxyl groups is 1. The highest BCUT2D eigenvalue weighted by atomic mass is 35.5. The second kappa shape index (κ2) is 5.34. The summed E-state index contributed by atoms with van der Waals surface area (Å²) in [5.74, 6) is -0.262. The van der Waals surface area contributed by atoms with Crippen LogP contribution in [-0.4, -0.2) is 29.7 Å². The highest BCUT2D eigenvalue weighted by molar-refractivity contribution is 6.31. The zero-order valence-electron chi connectivity index (χ0n) is 9.92. The van der Waals surface area contributed by atoms with Gasteiger partial charge in [0.05, 0.1) is 12.6 Å². The van der Waals surface area contributed by atoms with Crippen molar-refractivity contribution < 1.29 is 9.50 Å². The molecule has 0 saturated carbocycles. The average Bonchev–Trinajstić information content (AvgIpc) is 2.80. The predicted octanol–water partition coefficient (Wildman–Crippen LogP) is 2.92. The lowest BCUT2D eigenvalue weighted by molar-refractivity contribution is 0.147. The molecule has 94 valence electrons. The van der Waals surface area contributed by atoms with Crippen LogP contribution in [0, 0.1) is 12.7 Å². The molecule has 0 bridgehead atoms. The minimum Gasteiger partial charge on any atom is -0.394 e. The molecular weight excluding hydrogens is 241 g/mol. The number of hydrogen-bond acceptors (Lipinski definition) is 2. The Morgan fingerprint density at radius 3 is 2.65 bits per heavy atom. The van der Waals surface area contributed by atoms with Crippen LogP contribution >= 0.6 is 11.6 Å². The number of nitrogens with zero attached hydrogens (tertiary/aromatic N) is 1. The van der Waals surface area contributed by atoms with Crippen molar-refractivity contribution in [2.24, 2.45) is 0 Å². The number of aryl methyl sites for hydroxylation is 1. The van der Waals surface area contributed by atoms with Crippen LogP contribution in [0.4, 0.5) is 4.39 Å². The summed E-state index contributed by atoms with van der Waals surface area (Å²) in [5, 5.41) is 10.0. The van der Waals surface area contributed by atoms with Gasteiger partial charge in [0, 0.05) is 5.02 Å². The van der Waals surface area contributed by atoms with Crippen molar-refractivity contribution in [3.8, 4) is 0 Å². The maximum absolute atomic E-state index is 13.6. The van der Waals surface area contributed by atoms with Gasteiger partial charge >= 0.3 is 0 Å². The van der Waals surface area contributed by atoms with Gasteiger partial charge < -0.3 is 5.11 Å². The second-order valence-electron chi connectivity index (χ2n) is 4.56. The van der Waals surface area contributed by atoms with Crippen LogP contribution < -0.4 is 0 Å². The predicted molar refractivity (Wildman–Crippen MR) is 66.8 cm³/mol. The Bertz CT molecular complexity index is 405. The smallest absolute Gasteiger partial charge is 0.126 e. The van der Waals surface area contributed by atoms with E-state index in [1.165, 1.54) is 6.07 Å². The van der Waals surface area contributed by atoms with Crippen LogP contribution in [0.2, 0.25) is 5.02 Å². The highest BCUT2D eigenvalue weighted by Crippen LogP contribution is 2.31. The molecular formula is C13H17ClFNO. The van der Waals surface area contributed by atoms with E-state index in [4.69, 9.17) is 11.6 Å². The maximum atomic E-state index is 13.6. The summed E-state index contributed by atoms with van der Waals surface area (Å²) in [5.41, 5.74) is 1.23. The van der Waals surface area contributed by atoms with E-state index in [9.17, 15) is 9.50 Å². The first kappa shape index (κ1) is 12.8. The molecule has 1 heterocycles. The Morgan fingerprint density at radius 2 is 2.06 bits per heavy atom. The zero-order chi connectivity index (χ0) is 12.4. The van der Waals surface area contributed by atoms with E-state index in [1.54, 1.807) is 13.0 Å². The van der Waals surface area contributed by atoms with Crippen molar-refractivity contribution in [2.45, 2.75) is 25.8 Å². The number of benzene rings is 1. The van der Waals surface area contributed by atoms with Crippen LogP contribution in [0.25, 0.3) is 0 Å². The van der Waals surface area contributed by atoms with Crippen LogP contribution in [0.5, 0.6) is 0 Å². The van der Waals surface area contributed by atoms with Crippen molar-refractivity contribution in [1.29, 1.82) is 0 Å². The van der Waals surface area contributed by atoms with Crippen molar-refractivity contribution in [2.75, 3.05) is 19.7 Å². The molecule has 0 spiro atoms. The third kappa shape index (κ3) is 2.62. The van der Waals surface area contributed by atoms with Gasteiger partial charge in [-0.1, -0.05) is 11.6 Å². The van der Waals surface area contributed by atoms with E-state index < -0.39 is 0 Å². The summed E-state index contributed by atoms with van der Waals surface area (Å²) in [6.07, 6.45) is 2.25. The Hall–Kier alpha value is -0.640. The normalized spacial score (nSPS) is 18.6. The van der Waals surface area contributed by atoms with E-state index in [1.807, 2.05) is 0 Å². The van der Waals surface area contributed by atoms with Gasteiger partial charge in [-0.3, -0.25) is 4.90 Å². The molecule has 1 aliphatic rings. The number of likely N-dealkylation sites (tertiary alicyclic amines) is 1. The summed E-state index contributed by atoms with van der Waals surface area (Å²) in [6.45, 7) is 3.55. The quantitative estimate of drug-likeness (QED) is 0.900. The molecule has 1 saturated heterocycles. The first-order chi connectivity index (χ1) is 8.13. The van der Waals surface area contributed by atoms with Gasteiger partial charge in [-0.05, 0) is 56.1 Å². The number of hydrogen-bond donors (Lipinski definition) is 1. The Labute approximate surface area is 106 Å². The lowest BCUT2D eigenvalue weighted by Gasteiger charge is -2.27. The monoisotopic (exact) mass is 257 g/mol. The number of aliphatic hydroxyl groups excluding tert-OH is 1. The van der Waals surface area contributed by atoms with Crippen molar-refractivity contribution >= 4 is 11.6 Å². The third-order valence-electron chi connectivity index (χ3n) is 3.39. The number of halogens is 2. The lowest BCUT2D eigenvalue weighted by atomic mass is 10.0. The van der Waals surface area contributed by atoms with Gasteiger partial charge in [0.15, 0.2) is 0 Å². The molecule has 1 fully saturated rings. The molecule has 1 N–H and O–H groups in total. The fraction of sp³-hybridized carbons (Fsp3) is 0.538. The van der Waals surface area contributed by atoms with Gasteiger partial charge in [-0.25, -0.2) is 4.39 Å². The summed E-state index contributed by atoms with van der Waals surface area (Å²) >= 11 is 6.15. The topological polar surface area (TPSA) is 23.5 Å². The molecule has 0 aromatic heterocycles. The van der Waals surface area contributed by atoms with Crippen molar-refractivity contribution in [3.05, 3.63) is 34.1 Å². The van der Waals surface area contributed by atoms with Crippen LogP contribution in [0.15, 0.2) is 12.1 Å². The summed E-state index contributed by atoms with van der Waals surface area (Å²) in [4.78, 5) is 2.16. The average molecular weight is 258 g/mol. The molecule has 2 rings (SSSR count). The minimum atomic E-state index is -0.262. The van der Waals surface area contributed by atoms with E-state index in [0.29, 0.717) is 16.1 Å². The van der Waals surface area contributed by atoms with Gasteiger partial charge in [-0.15, -0.1) is 0 Å². The van der Waals surface area contributed by atoms with Gasteiger partial charge in [0.25, 0.3) is 0 Å². The lowest BCUT2D eigenvalue weighted by Crippen LogP contribution is -2.28. The first-order valence-corrected chi connectivity index (χ1v) is 6.31.